The van der Waals surface area contributed by atoms with Gasteiger partial charge in [0, 0.05) is 0 Å². The lowest BCUT2D eigenvalue weighted by atomic mass is 9.98. The quantitative estimate of drug-likeness (QED) is 0.153. The third-order valence-corrected chi connectivity index (χ3v) is 7.48. The normalized spacial score (nSPS) is 17.5. The average Bonchev–Trinajstić information content (AvgIpc) is 3.08. The smallest absolute Gasteiger partial charge is 0.327 e. The topological polar surface area (TPSA) is 76.1 Å². The number of nitrogens with zero attached hydrogens (tertiary/aromatic N) is 1. The monoisotopic (exact) mass is 521 g/mol. The van der Waals surface area contributed by atoms with Gasteiger partial charge in [-0.05, 0) is 56.4 Å². The van der Waals surface area contributed by atoms with Crippen molar-refractivity contribution in [2.75, 3.05) is 6.61 Å². The van der Waals surface area contributed by atoms with Crippen LogP contribution in [0, 0.1) is 5.92 Å². The Kier molecular flexibility index (Phi) is 12.1. The molecule has 1 amide bonds. The highest BCUT2D eigenvalue weighted by molar-refractivity contribution is 8.26. The number of carboxylic acids is 1. The van der Waals surface area contributed by atoms with Gasteiger partial charge in [-0.3, -0.25) is 9.69 Å². The number of aliphatic carboxylic acids is 1. The maximum Gasteiger partial charge on any atom is 0.327 e. The van der Waals surface area contributed by atoms with Gasteiger partial charge in [0.05, 0.1) is 17.6 Å². The lowest BCUT2D eigenvalue weighted by Gasteiger charge is -2.27. The van der Waals surface area contributed by atoms with E-state index in [1.807, 2.05) is 39.0 Å². The molecule has 1 aromatic carbocycles. The number of benzene rings is 1. The number of thiocarbonyl (C=S) groups is 1. The van der Waals surface area contributed by atoms with Crippen LogP contribution in [0.2, 0.25) is 0 Å². The molecule has 0 aromatic heterocycles. The summed E-state index contributed by atoms with van der Waals surface area (Å²) in [4.78, 5) is 26.6. The Balaban J connectivity index is 2.17. The minimum atomic E-state index is -1.04. The van der Waals surface area contributed by atoms with Gasteiger partial charge in [0.1, 0.15) is 10.4 Å². The molecule has 2 rings (SSSR count). The molecule has 6 nitrogen and oxygen atoms in total. The summed E-state index contributed by atoms with van der Waals surface area (Å²) in [5.74, 6) is -0.332. The summed E-state index contributed by atoms with van der Waals surface area (Å²) in [6, 6.07) is 4.62. The molecule has 1 heterocycles. The van der Waals surface area contributed by atoms with Gasteiger partial charge in [0.2, 0.25) is 0 Å². The second-order valence-corrected chi connectivity index (χ2v) is 10.7. The Hall–Kier alpha value is -2.06. The minimum absolute atomic E-state index is 0.0754. The number of carbonyl (C=O) groups is 2. The molecule has 1 fully saturated rings. The molecular weight excluding hydrogens is 482 g/mol. The first kappa shape index (κ1) is 29.2. The van der Waals surface area contributed by atoms with E-state index in [9.17, 15) is 14.7 Å². The fourth-order valence-corrected chi connectivity index (χ4v) is 5.32. The van der Waals surface area contributed by atoms with Crippen LogP contribution in [-0.4, -0.2) is 45.0 Å². The first-order chi connectivity index (χ1) is 16.7. The third kappa shape index (κ3) is 8.24. The lowest BCUT2D eigenvalue weighted by molar-refractivity contribution is -0.147. The van der Waals surface area contributed by atoms with Gasteiger partial charge < -0.3 is 14.6 Å². The van der Waals surface area contributed by atoms with Crippen LogP contribution in [0.4, 0.5) is 0 Å². The van der Waals surface area contributed by atoms with E-state index in [-0.39, 0.29) is 22.2 Å². The Morgan fingerprint density at radius 1 is 1.14 bits per heavy atom. The van der Waals surface area contributed by atoms with Gasteiger partial charge >= 0.3 is 5.97 Å². The van der Waals surface area contributed by atoms with Crippen molar-refractivity contribution in [3.63, 3.8) is 0 Å². The van der Waals surface area contributed by atoms with E-state index in [0.717, 1.165) is 30.2 Å². The van der Waals surface area contributed by atoms with Crippen LogP contribution in [0.1, 0.15) is 85.1 Å². The van der Waals surface area contributed by atoms with E-state index >= 15 is 0 Å². The molecule has 1 saturated heterocycles. The number of unbranched alkanes of at least 4 members (excludes halogenated alkanes) is 4. The summed E-state index contributed by atoms with van der Waals surface area (Å²) in [5, 5.41) is 9.72. The maximum atomic E-state index is 13.1. The fourth-order valence-electron chi connectivity index (χ4n) is 3.99. The van der Waals surface area contributed by atoms with Crippen molar-refractivity contribution in [3.05, 3.63) is 28.7 Å². The summed E-state index contributed by atoms with van der Waals surface area (Å²) in [7, 11) is 0. The van der Waals surface area contributed by atoms with E-state index < -0.39 is 12.0 Å². The molecule has 3 atom stereocenters. The molecule has 1 aliphatic heterocycles. The Labute approximate surface area is 219 Å². The first-order valence-corrected chi connectivity index (χ1v) is 13.9. The Morgan fingerprint density at radius 2 is 1.86 bits per heavy atom. The second kappa shape index (κ2) is 14.5. The predicted molar refractivity (Wildman–Crippen MR) is 147 cm³/mol. The number of hydrogen-bond donors (Lipinski definition) is 1. The maximum absolute atomic E-state index is 13.1. The van der Waals surface area contributed by atoms with Crippen molar-refractivity contribution in [3.8, 4) is 11.5 Å². The Morgan fingerprint density at radius 3 is 2.49 bits per heavy atom. The van der Waals surface area contributed by atoms with Crippen molar-refractivity contribution in [2.45, 2.75) is 91.7 Å². The van der Waals surface area contributed by atoms with Crippen molar-refractivity contribution < 1.29 is 24.2 Å². The summed E-state index contributed by atoms with van der Waals surface area (Å²) in [5.41, 5.74) is 0.768. The second-order valence-electron chi connectivity index (χ2n) is 8.99. The van der Waals surface area contributed by atoms with Gasteiger partial charge in [-0.2, -0.15) is 0 Å². The number of ether oxygens (including phenoxy) is 2. The summed E-state index contributed by atoms with van der Waals surface area (Å²) < 4.78 is 12.3. The molecule has 0 radical (unpaired) electrons. The molecule has 1 aromatic rings. The number of carboxylic acid groups (broad SMARTS) is 1. The molecule has 1 N–H and O–H groups in total. The zero-order chi connectivity index (χ0) is 26.0. The zero-order valence-electron chi connectivity index (χ0n) is 21.5. The van der Waals surface area contributed by atoms with Crippen LogP contribution >= 0.6 is 24.0 Å². The van der Waals surface area contributed by atoms with E-state index in [4.69, 9.17) is 21.7 Å². The number of amides is 1. The van der Waals surface area contributed by atoms with Crippen LogP contribution in [0.15, 0.2) is 23.1 Å². The molecule has 35 heavy (non-hydrogen) atoms. The molecule has 0 unspecified atom stereocenters. The highest BCUT2D eigenvalue weighted by Crippen LogP contribution is 2.37. The first-order valence-electron chi connectivity index (χ1n) is 12.7. The zero-order valence-corrected chi connectivity index (χ0v) is 23.2. The molecule has 8 heteroatoms. The van der Waals surface area contributed by atoms with Gasteiger partial charge in [0.25, 0.3) is 5.91 Å². The van der Waals surface area contributed by atoms with E-state index in [1.54, 1.807) is 6.08 Å². The molecule has 0 bridgehead atoms. The number of hydrogen-bond acceptors (Lipinski definition) is 6. The molecule has 1 aliphatic rings. The van der Waals surface area contributed by atoms with E-state index in [1.165, 1.54) is 30.6 Å². The Bertz CT molecular complexity index is 917. The summed E-state index contributed by atoms with van der Waals surface area (Å²) in [6.07, 6.45) is 9.56. The van der Waals surface area contributed by atoms with Crippen molar-refractivity contribution in [1.29, 1.82) is 0 Å². The molecule has 0 aliphatic carbocycles. The van der Waals surface area contributed by atoms with Gasteiger partial charge in [-0.15, -0.1) is 0 Å². The highest BCUT2D eigenvalue weighted by Gasteiger charge is 2.42. The molecule has 194 valence electrons. The van der Waals surface area contributed by atoms with Crippen LogP contribution in [-0.2, 0) is 9.59 Å². The number of carbonyl (C=O) groups excluding carboxylic acids is 1. The van der Waals surface area contributed by atoms with E-state index in [0.29, 0.717) is 29.4 Å². The van der Waals surface area contributed by atoms with E-state index in [2.05, 4.69) is 13.8 Å². The van der Waals surface area contributed by atoms with Crippen molar-refractivity contribution in [2.24, 2.45) is 5.92 Å². The summed E-state index contributed by atoms with van der Waals surface area (Å²) in [6.45, 7) is 10.4. The SMILES string of the molecule is CCCCCCC[C@H](C)Oc1ccc(/C=C2/SC(=S)N([C@H](C(=O)O)[C@H](C)CC)C2=O)cc1OCC. The van der Waals surface area contributed by atoms with Gasteiger partial charge in [-0.25, -0.2) is 4.79 Å². The van der Waals surface area contributed by atoms with Crippen LogP contribution in [0.3, 0.4) is 0 Å². The standard InChI is InChI=1S/C27H39NO5S2/c1-6-9-10-11-12-13-19(5)33-21-15-14-20(16-22(21)32-8-3)17-23-25(29)28(27(34)35-23)24(26(30)31)18(4)7-2/h14-19,24H,6-13H2,1-5H3,(H,30,31)/b23-17+/t18-,19+,24+/m1/s1. The highest BCUT2D eigenvalue weighted by atomic mass is 32.2. The predicted octanol–water partition coefficient (Wildman–Crippen LogP) is 6.91. The summed E-state index contributed by atoms with van der Waals surface area (Å²) >= 11 is 6.52. The van der Waals surface area contributed by atoms with Gasteiger partial charge in [0.15, 0.2) is 11.5 Å². The molecule has 0 saturated carbocycles. The van der Waals surface area contributed by atoms with Gasteiger partial charge in [-0.1, -0.05) is 82.9 Å². The molecular formula is C27H39NO5S2. The third-order valence-electron chi connectivity index (χ3n) is 6.15. The van der Waals surface area contributed by atoms with Crippen LogP contribution in [0.25, 0.3) is 6.08 Å². The number of rotatable bonds is 15. The molecule has 0 spiro atoms. The van der Waals surface area contributed by atoms with Crippen molar-refractivity contribution in [1.82, 2.24) is 4.90 Å². The van der Waals surface area contributed by atoms with Crippen molar-refractivity contribution >= 4 is 46.3 Å². The minimum Gasteiger partial charge on any atom is -0.490 e. The lowest BCUT2D eigenvalue weighted by Crippen LogP contribution is -2.47. The van der Waals surface area contributed by atoms with Crippen LogP contribution in [0.5, 0.6) is 11.5 Å². The average molecular weight is 522 g/mol. The fraction of sp³-hybridized carbons (Fsp3) is 0.593. The number of thioether (sulfide) groups is 1. The van der Waals surface area contributed by atoms with Crippen LogP contribution < -0.4 is 9.47 Å². The largest absolute Gasteiger partial charge is 0.490 e.